The predicted octanol–water partition coefficient (Wildman–Crippen LogP) is 1.11. The van der Waals surface area contributed by atoms with Gasteiger partial charge in [0.1, 0.15) is 11.4 Å². The van der Waals surface area contributed by atoms with Gasteiger partial charge in [0.15, 0.2) is 0 Å². The molecular weight excluding hydrogens is 226 g/mol. The molecule has 0 aliphatic carbocycles. The van der Waals surface area contributed by atoms with E-state index in [0.717, 1.165) is 44.8 Å². The minimum Gasteiger partial charge on any atom is -0.333 e. The number of nitriles is 1. The summed E-state index contributed by atoms with van der Waals surface area (Å²) in [4.78, 5) is 6.73. The first kappa shape index (κ1) is 13.1. The first-order valence-electron chi connectivity index (χ1n) is 6.59. The third-order valence-electron chi connectivity index (χ3n) is 3.77. The first-order chi connectivity index (χ1) is 8.67. The van der Waals surface area contributed by atoms with Gasteiger partial charge < -0.3 is 10.3 Å². The topological polar surface area (TPSA) is 70.9 Å². The molecule has 1 aromatic heterocycles. The van der Waals surface area contributed by atoms with Crippen molar-refractivity contribution in [1.82, 2.24) is 14.5 Å². The van der Waals surface area contributed by atoms with Crippen molar-refractivity contribution in [3.63, 3.8) is 0 Å². The summed E-state index contributed by atoms with van der Waals surface area (Å²) in [6.07, 6.45) is 6.35. The van der Waals surface area contributed by atoms with Crippen LogP contribution in [0.2, 0.25) is 0 Å². The van der Waals surface area contributed by atoms with Gasteiger partial charge in [0, 0.05) is 25.5 Å². The Hall–Kier alpha value is -1.38. The van der Waals surface area contributed by atoms with Crippen LogP contribution in [-0.2, 0) is 13.1 Å². The zero-order valence-electron chi connectivity index (χ0n) is 11.0. The van der Waals surface area contributed by atoms with Crippen LogP contribution in [0, 0.1) is 11.3 Å². The van der Waals surface area contributed by atoms with Crippen molar-refractivity contribution in [1.29, 1.82) is 5.26 Å². The van der Waals surface area contributed by atoms with Crippen LogP contribution in [0.25, 0.3) is 0 Å². The van der Waals surface area contributed by atoms with E-state index in [-0.39, 0.29) is 0 Å². The quantitative estimate of drug-likeness (QED) is 0.846. The lowest BCUT2D eigenvalue weighted by molar-refractivity contribution is 0.208. The third-order valence-corrected chi connectivity index (χ3v) is 3.77. The lowest BCUT2D eigenvalue weighted by Gasteiger charge is -2.28. The highest BCUT2D eigenvalue weighted by Gasteiger charge is 2.22. The van der Waals surface area contributed by atoms with E-state index in [1.54, 1.807) is 0 Å². The van der Waals surface area contributed by atoms with E-state index in [2.05, 4.69) is 20.5 Å². The molecule has 0 spiro atoms. The van der Waals surface area contributed by atoms with Crippen LogP contribution in [0.5, 0.6) is 0 Å². The predicted molar refractivity (Wildman–Crippen MR) is 69.6 cm³/mol. The molecule has 0 radical (unpaired) electrons. The van der Waals surface area contributed by atoms with Gasteiger partial charge in [-0.3, -0.25) is 4.90 Å². The van der Waals surface area contributed by atoms with Gasteiger partial charge in [-0.1, -0.05) is 6.92 Å². The highest BCUT2D eigenvalue weighted by atomic mass is 15.2. The normalized spacial score (nSPS) is 18.9. The average molecular weight is 247 g/mol. The van der Waals surface area contributed by atoms with E-state index in [4.69, 9.17) is 11.0 Å². The van der Waals surface area contributed by atoms with Crippen molar-refractivity contribution >= 4 is 0 Å². The van der Waals surface area contributed by atoms with Gasteiger partial charge in [-0.2, -0.15) is 5.26 Å². The minimum atomic E-state index is -0.645. The monoisotopic (exact) mass is 247 g/mol. The highest BCUT2D eigenvalue weighted by molar-refractivity contribution is 5.03. The third kappa shape index (κ3) is 2.89. The van der Waals surface area contributed by atoms with Crippen LogP contribution in [0.15, 0.2) is 12.4 Å². The molecule has 0 amide bonds. The van der Waals surface area contributed by atoms with Crippen LogP contribution < -0.4 is 5.73 Å². The molecule has 0 saturated heterocycles. The summed E-state index contributed by atoms with van der Waals surface area (Å²) >= 11 is 0. The summed E-state index contributed by atoms with van der Waals surface area (Å²) in [5.74, 6) is 1.14. The molecule has 0 bridgehead atoms. The second-order valence-corrected chi connectivity index (χ2v) is 5.04. The molecule has 18 heavy (non-hydrogen) atoms. The fourth-order valence-electron chi connectivity index (χ4n) is 2.34. The molecule has 1 aromatic rings. The summed E-state index contributed by atoms with van der Waals surface area (Å²) in [5, 5.41) is 9.02. The summed E-state index contributed by atoms with van der Waals surface area (Å²) in [6.45, 7) is 5.94. The van der Waals surface area contributed by atoms with E-state index in [1.807, 2.05) is 19.3 Å². The molecule has 2 N–H and O–H groups in total. The molecule has 1 aliphatic rings. The van der Waals surface area contributed by atoms with E-state index in [9.17, 15) is 0 Å². The van der Waals surface area contributed by atoms with Crippen molar-refractivity contribution in [2.45, 2.75) is 44.8 Å². The molecule has 98 valence electrons. The molecule has 0 aromatic carbocycles. The second kappa shape index (κ2) is 5.51. The largest absolute Gasteiger partial charge is 0.333 e. The summed E-state index contributed by atoms with van der Waals surface area (Å²) < 4.78 is 2.20. The molecule has 1 aliphatic heterocycles. The van der Waals surface area contributed by atoms with Crippen LogP contribution in [0.3, 0.4) is 0 Å². The zero-order valence-corrected chi connectivity index (χ0v) is 11.0. The number of imidazole rings is 1. The van der Waals surface area contributed by atoms with E-state index in [1.165, 1.54) is 0 Å². The molecule has 0 saturated carbocycles. The average Bonchev–Trinajstić information content (AvgIpc) is 2.86. The van der Waals surface area contributed by atoms with Gasteiger partial charge in [0.05, 0.1) is 12.6 Å². The van der Waals surface area contributed by atoms with Gasteiger partial charge >= 0.3 is 0 Å². The van der Waals surface area contributed by atoms with Gasteiger partial charge in [0.2, 0.25) is 0 Å². The van der Waals surface area contributed by atoms with Crippen molar-refractivity contribution in [2.24, 2.45) is 5.73 Å². The second-order valence-electron chi connectivity index (χ2n) is 5.04. The number of rotatable bonds is 5. The highest BCUT2D eigenvalue weighted by Crippen LogP contribution is 2.15. The van der Waals surface area contributed by atoms with Crippen molar-refractivity contribution in [3.8, 4) is 6.07 Å². The molecule has 2 rings (SSSR count). The molecule has 5 nitrogen and oxygen atoms in total. The molecular formula is C13H21N5. The van der Waals surface area contributed by atoms with Crippen LogP contribution in [0.4, 0.5) is 0 Å². The number of fused-ring (bicyclic) bond motifs is 1. The molecule has 0 fully saturated rings. The lowest BCUT2D eigenvalue weighted by atomic mass is 9.93. The van der Waals surface area contributed by atoms with E-state index in [0.29, 0.717) is 6.42 Å². The van der Waals surface area contributed by atoms with Gasteiger partial charge in [0.25, 0.3) is 0 Å². The summed E-state index contributed by atoms with van der Waals surface area (Å²) in [6, 6.07) is 2.22. The zero-order chi connectivity index (χ0) is 13.0. The molecule has 1 atom stereocenters. The van der Waals surface area contributed by atoms with Crippen LogP contribution in [0.1, 0.15) is 32.0 Å². The minimum absolute atomic E-state index is 0.645. The number of nitrogens with two attached hydrogens (primary N) is 1. The van der Waals surface area contributed by atoms with E-state index >= 15 is 0 Å². The molecule has 2 heterocycles. The van der Waals surface area contributed by atoms with Crippen LogP contribution >= 0.6 is 0 Å². The number of hydrogen-bond donors (Lipinski definition) is 1. The lowest BCUT2D eigenvalue weighted by Crippen LogP contribution is -2.39. The Labute approximate surface area is 108 Å². The maximum absolute atomic E-state index is 9.02. The van der Waals surface area contributed by atoms with Gasteiger partial charge in [-0.15, -0.1) is 0 Å². The Morgan fingerprint density at radius 2 is 2.39 bits per heavy atom. The van der Waals surface area contributed by atoms with Crippen molar-refractivity contribution in [2.75, 3.05) is 13.1 Å². The van der Waals surface area contributed by atoms with Gasteiger partial charge in [-0.05, 0) is 25.8 Å². The van der Waals surface area contributed by atoms with E-state index < -0.39 is 5.54 Å². The fourth-order valence-corrected chi connectivity index (χ4v) is 2.34. The Balaban J connectivity index is 1.78. The maximum Gasteiger partial charge on any atom is 0.122 e. The molecule has 5 heteroatoms. The Bertz CT molecular complexity index is 433. The molecule has 1 unspecified atom stereocenters. The van der Waals surface area contributed by atoms with Crippen molar-refractivity contribution < 1.29 is 0 Å². The van der Waals surface area contributed by atoms with Gasteiger partial charge in [-0.25, -0.2) is 4.98 Å². The maximum atomic E-state index is 9.02. The first-order valence-corrected chi connectivity index (χ1v) is 6.59. The van der Waals surface area contributed by atoms with Crippen molar-refractivity contribution in [3.05, 3.63) is 18.2 Å². The Kier molecular flexibility index (Phi) is 4.00. The number of nitrogens with zero attached hydrogens (tertiary/aromatic N) is 4. The number of aromatic nitrogens is 2. The number of hydrogen-bond acceptors (Lipinski definition) is 4. The Morgan fingerprint density at radius 1 is 1.56 bits per heavy atom. The fraction of sp³-hybridized carbons (Fsp3) is 0.692. The SMILES string of the molecule is CCC(N)(C#N)CCCN1CCn2ccnc2C1. The smallest absolute Gasteiger partial charge is 0.122 e. The summed E-state index contributed by atoms with van der Waals surface area (Å²) in [5.41, 5.74) is 5.33. The summed E-state index contributed by atoms with van der Waals surface area (Å²) in [7, 11) is 0. The van der Waals surface area contributed by atoms with Crippen LogP contribution in [-0.4, -0.2) is 33.1 Å². The standard InChI is InChI=1S/C13H21N5/c1-2-13(15,11-14)4-3-6-17-8-9-18-7-5-16-12(18)10-17/h5,7H,2-4,6,8-10,15H2,1H3. The Morgan fingerprint density at radius 3 is 3.11 bits per heavy atom.